The van der Waals surface area contributed by atoms with Gasteiger partial charge in [0.1, 0.15) is 5.75 Å². The van der Waals surface area contributed by atoms with Gasteiger partial charge >= 0.3 is 0 Å². The molecule has 1 aromatic rings. The number of anilines is 1. The van der Waals surface area contributed by atoms with Gasteiger partial charge in [0, 0.05) is 32.5 Å². The number of likely N-dealkylation sites (tertiary alicyclic amines) is 1. The number of carbonyl (C=O) groups is 3. The molecule has 0 aliphatic carbocycles. The summed E-state index contributed by atoms with van der Waals surface area (Å²) in [6, 6.07) is 7.44. The van der Waals surface area contributed by atoms with E-state index in [9.17, 15) is 14.4 Å². The predicted octanol–water partition coefficient (Wildman–Crippen LogP) is 1.94. The Hall–Kier alpha value is -2.57. The number of hydrogen-bond donors (Lipinski definition) is 1. The zero-order valence-corrected chi connectivity index (χ0v) is 16.4. The van der Waals surface area contributed by atoms with Gasteiger partial charge in [-0.3, -0.25) is 14.4 Å². The minimum absolute atomic E-state index is 0.0357. The number of nitrogens with two attached hydrogens (primary N) is 1. The lowest BCUT2D eigenvalue weighted by molar-refractivity contribution is -0.137. The molecule has 7 nitrogen and oxygen atoms in total. The largest absolute Gasteiger partial charge is 0.492 e. The third kappa shape index (κ3) is 4.64. The Bertz CT molecular complexity index is 736. The van der Waals surface area contributed by atoms with Crippen LogP contribution >= 0.6 is 0 Å². The number of carbonyl (C=O) groups excluding carboxylic acids is 3. The molecular weight excluding hydrogens is 358 g/mol. The fraction of sp³-hybridized carbons (Fsp3) is 0.571. The lowest BCUT2D eigenvalue weighted by atomic mass is 9.92. The molecule has 7 heteroatoms. The molecule has 28 heavy (non-hydrogen) atoms. The second kappa shape index (κ2) is 9.08. The maximum atomic E-state index is 13.0. The van der Waals surface area contributed by atoms with Crippen LogP contribution in [0.2, 0.25) is 0 Å². The summed E-state index contributed by atoms with van der Waals surface area (Å²) in [5.74, 6) is 0.319. The molecule has 1 aromatic carbocycles. The van der Waals surface area contributed by atoms with E-state index in [0.29, 0.717) is 44.3 Å². The fourth-order valence-electron chi connectivity index (χ4n) is 4.17. The standard InChI is InChI=1S/C21H29N3O4/c1-2-28-18-8-4-3-7-17(18)24-14-16(12-20(24)26)21(27)23-11-5-6-15(13-23)9-10-19(22)25/h3-4,7-8,15-16H,2,5-6,9-14H2,1H3,(H2,22,25). The van der Waals surface area contributed by atoms with Crippen LogP contribution in [0.3, 0.4) is 0 Å². The predicted molar refractivity (Wildman–Crippen MR) is 106 cm³/mol. The number of benzene rings is 1. The lowest BCUT2D eigenvalue weighted by Gasteiger charge is -2.34. The van der Waals surface area contributed by atoms with E-state index in [0.717, 1.165) is 24.9 Å². The van der Waals surface area contributed by atoms with Gasteiger partial charge in [0.15, 0.2) is 0 Å². The Kier molecular flexibility index (Phi) is 6.54. The average Bonchev–Trinajstić information content (AvgIpc) is 3.08. The van der Waals surface area contributed by atoms with Crippen LogP contribution in [0.15, 0.2) is 24.3 Å². The van der Waals surface area contributed by atoms with Crippen molar-refractivity contribution in [3.05, 3.63) is 24.3 Å². The Morgan fingerprint density at radius 1 is 1.25 bits per heavy atom. The number of rotatable bonds is 7. The zero-order valence-electron chi connectivity index (χ0n) is 16.4. The van der Waals surface area contributed by atoms with Crippen molar-refractivity contribution in [2.75, 3.05) is 31.1 Å². The van der Waals surface area contributed by atoms with Gasteiger partial charge in [-0.05, 0) is 44.2 Å². The monoisotopic (exact) mass is 387 g/mol. The first-order valence-electron chi connectivity index (χ1n) is 10.1. The van der Waals surface area contributed by atoms with Gasteiger partial charge in [0.2, 0.25) is 17.7 Å². The summed E-state index contributed by atoms with van der Waals surface area (Å²) in [5, 5.41) is 0. The summed E-state index contributed by atoms with van der Waals surface area (Å²) < 4.78 is 5.64. The maximum Gasteiger partial charge on any atom is 0.228 e. The van der Waals surface area contributed by atoms with Gasteiger partial charge in [-0.1, -0.05) is 12.1 Å². The topological polar surface area (TPSA) is 92.9 Å². The smallest absolute Gasteiger partial charge is 0.228 e. The van der Waals surface area contributed by atoms with E-state index in [2.05, 4.69) is 0 Å². The number of primary amides is 1. The highest BCUT2D eigenvalue weighted by Gasteiger charge is 2.39. The lowest BCUT2D eigenvalue weighted by Crippen LogP contribution is -2.43. The molecule has 0 radical (unpaired) electrons. The molecule has 152 valence electrons. The summed E-state index contributed by atoms with van der Waals surface area (Å²) in [6.07, 6.45) is 3.23. The fourth-order valence-corrected chi connectivity index (χ4v) is 4.17. The van der Waals surface area contributed by atoms with E-state index in [-0.39, 0.29) is 30.1 Å². The highest BCUT2D eigenvalue weighted by molar-refractivity contribution is 6.01. The second-order valence-corrected chi connectivity index (χ2v) is 7.60. The molecule has 2 fully saturated rings. The number of piperidine rings is 1. The summed E-state index contributed by atoms with van der Waals surface area (Å²) in [7, 11) is 0. The molecule has 3 amide bonds. The minimum atomic E-state index is -0.336. The van der Waals surface area contributed by atoms with Gasteiger partial charge in [0.05, 0.1) is 18.2 Å². The zero-order chi connectivity index (χ0) is 20.1. The van der Waals surface area contributed by atoms with Crippen molar-refractivity contribution < 1.29 is 19.1 Å². The van der Waals surface area contributed by atoms with Crippen molar-refractivity contribution in [2.45, 2.75) is 39.0 Å². The number of ether oxygens (including phenoxy) is 1. The van der Waals surface area contributed by atoms with E-state index in [4.69, 9.17) is 10.5 Å². The van der Waals surface area contributed by atoms with Crippen molar-refractivity contribution in [1.29, 1.82) is 0 Å². The molecule has 0 spiro atoms. The number of amides is 3. The first kappa shape index (κ1) is 20.2. The molecule has 2 atom stereocenters. The minimum Gasteiger partial charge on any atom is -0.492 e. The van der Waals surface area contributed by atoms with E-state index in [1.807, 2.05) is 36.1 Å². The molecule has 2 unspecified atom stereocenters. The van der Waals surface area contributed by atoms with Crippen molar-refractivity contribution in [3.8, 4) is 5.75 Å². The maximum absolute atomic E-state index is 13.0. The van der Waals surface area contributed by atoms with Crippen molar-refractivity contribution in [2.24, 2.45) is 17.6 Å². The van der Waals surface area contributed by atoms with Gasteiger partial charge in [-0.2, -0.15) is 0 Å². The van der Waals surface area contributed by atoms with Gasteiger partial charge in [0.25, 0.3) is 0 Å². The third-order valence-electron chi connectivity index (χ3n) is 5.56. The van der Waals surface area contributed by atoms with Crippen LogP contribution in [0.5, 0.6) is 5.75 Å². The second-order valence-electron chi connectivity index (χ2n) is 7.60. The molecule has 2 aliphatic rings. The first-order valence-corrected chi connectivity index (χ1v) is 10.1. The van der Waals surface area contributed by atoms with Crippen molar-refractivity contribution in [3.63, 3.8) is 0 Å². The highest BCUT2D eigenvalue weighted by Crippen LogP contribution is 2.34. The summed E-state index contributed by atoms with van der Waals surface area (Å²) in [4.78, 5) is 40.2. The third-order valence-corrected chi connectivity index (χ3v) is 5.56. The molecule has 2 heterocycles. The number of para-hydroxylation sites is 2. The molecule has 2 aliphatic heterocycles. The van der Waals surface area contributed by atoms with Gasteiger partial charge in [-0.25, -0.2) is 0 Å². The van der Waals surface area contributed by atoms with Crippen molar-refractivity contribution in [1.82, 2.24) is 4.90 Å². The Labute approximate surface area is 165 Å². The van der Waals surface area contributed by atoms with E-state index in [1.54, 1.807) is 4.90 Å². The molecule has 0 saturated carbocycles. The number of hydrogen-bond acceptors (Lipinski definition) is 4. The molecule has 2 saturated heterocycles. The van der Waals surface area contributed by atoms with Gasteiger partial charge in [-0.15, -0.1) is 0 Å². The molecule has 0 aromatic heterocycles. The SMILES string of the molecule is CCOc1ccccc1N1CC(C(=O)N2CCCC(CCC(N)=O)C2)CC1=O. The van der Waals surface area contributed by atoms with Crippen LogP contribution in [-0.4, -0.2) is 48.9 Å². The first-order chi connectivity index (χ1) is 13.5. The Balaban J connectivity index is 1.64. The Morgan fingerprint density at radius 2 is 2.04 bits per heavy atom. The van der Waals surface area contributed by atoms with Crippen molar-refractivity contribution >= 4 is 23.4 Å². The number of nitrogens with zero attached hydrogens (tertiary/aromatic N) is 2. The molecule has 3 rings (SSSR count). The Morgan fingerprint density at radius 3 is 2.79 bits per heavy atom. The van der Waals surface area contributed by atoms with Crippen LogP contribution in [0.4, 0.5) is 5.69 Å². The highest BCUT2D eigenvalue weighted by atomic mass is 16.5. The molecule has 2 N–H and O–H groups in total. The summed E-state index contributed by atoms with van der Waals surface area (Å²) in [5.41, 5.74) is 5.98. The average molecular weight is 387 g/mol. The quantitative estimate of drug-likeness (QED) is 0.774. The van der Waals surface area contributed by atoms with Crippen LogP contribution in [0, 0.1) is 11.8 Å². The summed E-state index contributed by atoms with van der Waals surface area (Å²) in [6.45, 7) is 4.16. The van der Waals surface area contributed by atoms with Crippen LogP contribution in [0.25, 0.3) is 0 Å². The molecular formula is C21H29N3O4. The molecule has 0 bridgehead atoms. The van der Waals surface area contributed by atoms with E-state index < -0.39 is 0 Å². The normalized spacial score (nSPS) is 22.4. The van der Waals surface area contributed by atoms with Gasteiger partial charge < -0.3 is 20.3 Å². The van der Waals surface area contributed by atoms with Crippen LogP contribution in [-0.2, 0) is 14.4 Å². The van der Waals surface area contributed by atoms with E-state index >= 15 is 0 Å². The summed E-state index contributed by atoms with van der Waals surface area (Å²) >= 11 is 0. The van der Waals surface area contributed by atoms with E-state index in [1.165, 1.54) is 0 Å². The van der Waals surface area contributed by atoms with Crippen LogP contribution < -0.4 is 15.4 Å². The van der Waals surface area contributed by atoms with Crippen LogP contribution in [0.1, 0.15) is 39.0 Å².